The minimum atomic E-state index is -0.222. The first-order valence-corrected chi connectivity index (χ1v) is 12.5. The Labute approximate surface area is 182 Å². The first kappa shape index (κ1) is 21.9. The Hall–Kier alpha value is -1.32. The van der Waals surface area contributed by atoms with Crippen molar-refractivity contribution >= 4 is 11.9 Å². The highest BCUT2D eigenvalue weighted by atomic mass is 16.6. The largest absolute Gasteiger partial charge is 0.446 e. The van der Waals surface area contributed by atoms with Gasteiger partial charge < -0.3 is 10.1 Å². The van der Waals surface area contributed by atoms with E-state index in [-0.39, 0.29) is 23.0 Å². The normalized spacial score (nSPS) is 42.6. The number of ketones is 1. The molecule has 3 unspecified atom stereocenters. The number of carbonyl (C=O) groups is 2. The maximum atomic E-state index is 12.4. The Bertz CT molecular complexity index is 715. The second kappa shape index (κ2) is 8.31. The summed E-state index contributed by atoms with van der Waals surface area (Å²) in [6.45, 7) is 10.1. The van der Waals surface area contributed by atoms with Gasteiger partial charge in [-0.1, -0.05) is 46.1 Å². The summed E-state index contributed by atoms with van der Waals surface area (Å²) in [5, 5.41) is 2.97. The Morgan fingerprint density at radius 2 is 1.97 bits per heavy atom. The molecule has 168 valence electrons. The molecule has 0 bridgehead atoms. The van der Waals surface area contributed by atoms with E-state index in [0.29, 0.717) is 42.4 Å². The van der Waals surface area contributed by atoms with E-state index in [4.69, 9.17) is 4.74 Å². The van der Waals surface area contributed by atoms with Crippen LogP contribution < -0.4 is 5.32 Å². The lowest BCUT2D eigenvalue weighted by atomic mass is 9.45. The molecule has 1 N–H and O–H groups in total. The number of hydrogen-bond donors (Lipinski definition) is 1. The zero-order chi connectivity index (χ0) is 21.5. The van der Waals surface area contributed by atoms with Gasteiger partial charge in [-0.15, -0.1) is 0 Å². The van der Waals surface area contributed by atoms with Gasteiger partial charge in [0, 0.05) is 18.4 Å². The molecule has 0 heterocycles. The van der Waals surface area contributed by atoms with Crippen LogP contribution in [-0.4, -0.2) is 24.5 Å². The molecule has 0 radical (unpaired) electrons. The Kier molecular flexibility index (Phi) is 6.07. The van der Waals surface area contributed by atoms with Gasteiger partial charge >= 0.3 is 6.09 Å². The molecule has 4 aliphatic carbocycles. The topological polar surface area (TPSA) is 55.4 Å². The van der Waals surface area contributed by atoms with E-state index in [1.165, 1.54) is 18.4 Å². The van der Waals surface area contributed by atoms with Crippen molar-refractivity contribution in [3.05, 3.63) is 11.6 Å². The van der Waals surface area contributed by atoms with E-state index in [1.54, 1.807) is 0 Å². The van der Waals surface area contributed by atoms with Gasteiger partial charge in [0.2, 0.25) is 0 Å². The summed E-state index contributed by atoms with van der Waals surface area (Å²) in [7, 11) is 0. The van der Waals surface area contributed by atoms with Crippen LogP contribution in [0.5, 0.6) is 0 Å². The van der Waals surface area contributed by atoms with Crippen molar-refractivity contribution in [2.75, 3.05) is 6.54 Å². The molecule has 7 atom stereocenters. The van der Waals surface area contributed by atoms with E-state index >= 15 is 0 Å². The first-order chi connectivity index (χ1) is 14.3. The second-order valence-corrected chi connectivity index (χ2v) is 11.2. The van der Waals surface area contributed by atoms with Crippen LogP contribution >= 0.6 is 0 Å². The number of ether oxygens (including phenoxy) is 1. The molecule has 0 aromatic carbocycles. The van der Waals surface area contributed by atoms with Crippen LogP contribution in [0.2, 0.25) is 0 Å². The molecule has 3 fully saturated rings. The highest BCUT2D eigenvalue weighted by Crippen LogP contribution is 2.66. The highest BCUT2D eigenvalue weighted by Gasteiger charge is 2.61. The van der Waals surface area contributed by atoms with Gasteiger partial charge in [0.1, 0.15) is 6.10 Å². The number of allylic oxidation sites excluding steroid dienone is 1. The third-order valence-corrected chi connectivity index (χ3v) is 9.52. The van der Waals surface area contributed by atoms with Crippen molar-refractivity contribution in [3.63, 3.8) is 0 Å². The van der Waals surface area contributed by atoms with E-state index in [1.807, 2.05) is 6.08 Å². The van der Waals surface area contributed by atoms with Crippen molar-refractivity contribution in [1.29, 1.82) is 0 Å². The number of hydrogen-bond acceptors (Lipinski definition) is 3. The third kappa shape index (κ3) is 3.62. The molecule has 1 amide bonds. The van der Waals surface area contributed by atoms with Gasteiger partial charge in [0.25, 0.3) is 0 Å². The van der Waals surface area contributed by atoms with Gasteiger partial charge in [-0.25, -0.2) is 4.79 Å². The molecule has 0 aromatic heterocycles. The molecule has 0 aromatic rings. The first-order valence-electron chi connectivity index (χ1n) is 12.5. The summed E-state index contributed by atoms with van der Waals surface area (Å²) < 4.78 is 6.02. The second-order valence-electron chi connectivity index (χ2n) is 11.2. The SMILES string of the molecule is CCCCCNC(=O)O[C@H]1CCC2C3C(CC[C@@]21C)[C@@]1(C)CCC(=O)C=C1C[C@H]3C. The molecule has 30 heavy (non-hydrogen) atoms. The van der Waals surface area contributed by atoms with E-state index in [2.05, 4.69) is 33.0 Å². The van der Waals surface area contributed by atoms with Crippen LogP contribution in [0.25, 0.3) is 0 Å². The predicted molar refractivity (Wildman–Crippen MR) is 119 cm³/mol. The van der Waals surface area contributed by atoms with Gasteiger partial charge in [-0.2, -0.15) is 0 Å². The minimum absolute atomic E-state index is 0.0412. The van der Waals surface area contributed by atoms with Gasteiger partial charge in [0.15, 0.2) is 5.78 Å². The summed E-state index contributed by atoms with van der Waals surface area (Å²) in [5.74, 6) is 2.90. The van der Waals surface area contributed by atoms with Crippen molar-refractivity contribution in [1.82, 2.24) is 5.32 Å². The number of alkyl carbamates (subject to hydrolysis) is 1. The number of amides is 1. The summed E-state index contributed by atoms with van der Waals surface area (Å²) in [6.07, 6.45) is 12.4. The van der Waals surface area contributed by atoms with Crippen molar-refractivity contribution in [2.45, 2.75) is 98.0 Å². The lowest BCUT2D eigenvalue weighted by molar-refractivity contribution is -0.119. The summed E-state index contributed by atoms with van der Waals surface area (Å²) >= 11 is 0. The molecule has 4 heteroatoms. The van der Waals surface area contributed by atoms with Crippen LogP contribution in [0.1, 0.15) is 91.9 Å². The molecule has 4 aliphatic rings. The average Bonchev–Trinajstić information content (AvgIpc) is 3.03. The molecule has 0 aliphatic heterocycles. The Morgan fingerprint density at radius 1 is 1.17 bits per heavy atom. The van der Waals surface area contributed by atoms with Crippen LogP contribution in [0.4, 0.5) is 4.79 Å². The van der Waals surface area contributed by atoms with Crippen LogP contribution in [0.3, 0.4) is 0 Å². The summed E-state index contributed by atoms with van der Waals surface area (Å²) in [6, 6.07) is 0. The van der Waals surface area contributed by atoms with Crippen molar-refractivity contribution < 1.29 is 14.3 Å². The van der Waals surface area contributed by atoms with Crippen LogP contribution in [-0.2, 0) is 9.53 Å². The molecule has 4 rings (SSSR count). The highest BCUT2D eigenvalue weighted by molar-refractivity contribution is 5.91. The fourth-order valence-electron chi connectivity index (χ4n) is 7.79. The quantitative estimate of drug-likeness (QED) is 0.556. The maximum absolute atomic E-state index is 12.4. The molecular weight excluding hydrogens is 374 g/mol. The lowest BCUT2D eigenvalue weighted by Gasteiger charge is -2.59. The van der Waals surface area contributed by atoms with Crippen LogP contribution in [0, 0.1) is 34.5 Å². The van der Waals surface area contributed by atoms with Gasteiger partial charge in [0.05, 0.1) is 0 Å². The van der Waals surface area contributed by atoms with Gasteiger partial charge in [-0.05, 0) is 80.1 Å². The fraction of sp³-hybridized carbons (Fsp3) is 0.846. The van der Waals surface area contributed by atoms with Crippen molar-refractivity contribution in [3.8, 4) is 0 Å². The van der Waals surface area contributed by atoms with E-state index < -0.39 is 0 Å². The van der Waals surface area contributed by atoms with Gasteiger partial charge in [-0.3, -0.25) is 4.79 Å². The predicted octanol–water partition coefficient (Wildman–Crippen LogP) is 6.05. The third-order valence-electron chi connectivity index (χ3n) is 9.52. The fourth-order valence-corrected chi connectivity index (χ4v) is 7.79. The number of carbonyl (C=O) groups excluding carboxylic acids is 2. The van der Waals surface area contributed by atoms with E-state index in [9.17, 15) is 9.59 Å². The molecule has 3 saturated carbocycles. The van der Waals surface area contributed by atoms with E-state index in [0.717, 1.165) is 44.9 Å². The number of nitrogens with one attached hydrogen (secondary N) is 1. The maximum Gasteiger partial charge on any atom is 0.407 e. The summed E-state index contributed by atoms with van der Waals surface area (Å²) in [4.78, 5) is 24.5. The zero-order valence-electron chi connectivity index (χ0n) is 19.5. The number of fused-ring (bicyclic) bond motifs is 5. The average molecular weight is 416 g/mol. The monoisotopic (exact) mass is 415 g/mol. The summed E-state index contributed by atoms with van der Waals surface area (Å²) in [5.41, 5.74) is 1.72. The van der Waals surface area contributed by atoms with Crippen LogP contribution in [0.15, 0.2) is 11.6 Å². The Morgan fingerprint density at radius 3 is 2.73 bits per heavy atom. The molecule has 0 spiro atoms. The standard InChI is InChI=1S/C26H41NO3/c1-5-6-7-14-27-24(29)30-22-9-8-20-23-17(2)15-18-16-19(28)10-12-25(18,3)21(23)11-13-26(20,22)4/h16-17,20-23H,5-15H2,1-4H3,(H,27,29)/t17-,20?,21?,22+,23?,25+,26+/m1/s1. The smallest absolute Gasteiger partial charge is 0.407 e. The molecule has 4 nitrogen and oxygen atoms in total. The lowest BCUT2D eigenvalue weighted by Crippen LogP contribution is -2.54. The number of rotatable bonds is 5. The molecule has 0 saturated heterocycles. The Balaban J connectivity index is 1.47. The zero-order valence-corrected chi connectivity index (χ0v) is 19.5. The molecular formula is C26H41NO3. The number of unbranched alkanes of at least 4 members (excludes halogenated alkanes) is 2. The van der Waals surface area contributed by atoms with Crippen molar-refractivity contribution in [2.24, 2.45) is 34.5 Å². The minimum Gasteiger partial charge on any atom is -0.446 e.